The van der Waals surface area contributed by atoms with E-state index in [4.69, 9.17) is 22.7 Å². The molecule has 0 aliphatic rings. The summed E-state index contributed by atoms with van der Waals surface area (Å²) >= 11 is 4.90. The number of nitrogens with two attached hydrogens (primary N) is 1. The zero-order valence-electron chi connectivity index (χ0n) is 11.8. The molecule has 0 radical (unpaired) electrons. The molecule has 1 unspecified atom stereocenters. The highest BCUT2D eigenvalue weighted by molar-refractivity contribution is 7.89. The van der Waals surface area contributed by atoms with Gasteiger partial charge < -0.3 is 10.5 Å². The minimum atomic E-state index is -3.53. The highest BCUT2D eigenvalue weighted by Crippen LogP contribution is 2.15. The second-order valence-corrected chi connectivity index (χ2v) is 6.96. The minimum absolute atomic E-state index is 0.103. The topological polar surface area (TPSA) is 81.4 Å². The molecule has 5 nitrogen and oxygen atoms in total. The maximum atomic E-state index is 12.2. The van der Waals surface area contributed by atoms with Gasteiger partial charge in [0.25, 0.3) is 0 Å². The monoisotopic (exact) mass is 316 g/mol. The maximum absolute atomic E-state index is 12.2. The molecule has 0 aromatic heterocycles. The smallest absolute Gasteiger partial charge is 0.240 e. The van der Waals surface area contributed by atoms with Crippen LogP contribution in [-0.2, 0) is 14.8 Å². The third-order valence-electron chi connectivity index (χ3n) is 2.85. The number of ether oxygens (including phenoxy) is 1. The van der Waals surface area contributed by atoms with Gasteiger partial charge in [-0.05, 0) is 30.5 Å². The average Bonchev–Trinajstić information content (AvgIpc) is 2.36. The van der Waals surface area contributed by atoms with Crippen molar-refractivity contribution in [3.8, 4) is 0 Å². The van der Waals surface area contributed by atoms with Gasteiger partial charge in [-0.1, -0.05) is 25.2 Å². The molecule has 0 heterocycles. The second kappa shape index (κ2) is 7.12. The summed E-state index contributed by atoms with van der Waals surface area (Å²) in [5.41, 5.74) is 6.99. The first-order valence-corrected chi connectivity index (χ1v) is 8.06. The van der Waals surface area contributed by atoms with E-state index in [1.807, 2.05) is 6.92 Å². The maximum Gasteiger partial charge on any atom is 0.240 e. The van der Waals surface area contributed by atoms with Crippen LogP contribution in [0.4, 0.5) is 0 Å². The number of methoxy groups -OCH3 is 1. The van der Waals surface area contributed by atoms with Gasteiger partial charge in [0.15, 0.2) is 0 Å². The molecule has 20 heavy (non-hydrogen) atoms. The lowest BCUT2D eigenvalue weighted by Crippen LogP contribution is -2.30. The summed E-state index contributed by atoms with van der Waals surface area (Å²) in [4.78, 5) is 0.466. The largest absolute Gasteiger partial charge is 0.389 e. The molecule has 3 N–H and O–H groups in total. The van der Waals surface area contributed by atoms with Crippen LogP contribution in [0.2, 0.25) is 0 Å². The molecule has 0 aliphatic carbocycles. The minimum Gasteiger partial charge on any atom is -0.389 e. The molecule has 0 spiro atoms. The fourth-order valence-electron chi connectivity index (χ4n) is 1.76. The lowest BCUT2D eigenvalue weighted by Gasteiger charge is -2.13. The van der Waals surface area contributed by atoms with Crippen LogP contribution in [0.25, 0.3) is 0 Å². The van der Waals surface area contributed by atoms with Crippen LogP contribution >= 0.6 is 12.2 Å². The van der Waals surface area contributed by atoms with E-state index >= 15 is 0 Å². The van der Waals surface area contributed by atoms with Gasteiger partial charge in [-0.2, -0.15) is 0 Å². The van der Waals surface area contributed by atoms with Crippen LogP contribution < -0.4 is 10.5 Å². The van der Waals surface area contributed by atoms with E-state index in [0.717, 1.165) is 5.56 Å². The molecule has 0 bridgehead atoms. The van der Waals surface area contributed by atoms with Gasteiger partial charge in [0, 0.05) is 25.8 Å². The third-order valence-corrected chi connectivity index (χ3v) is 4.49. The predicted molar refractivity (Wildman–Crippen MR) is 83.3 cm³/mol. The Hall–Kier alpha value is -1.02. The van der Waals surface area contributed by atoms with Crippen LogP contribution in [0.1, 0.15) is 18.1 Å². The SMILES string of the molecule is COCC(C)CNS(=O)(=O)c1ccc(C(N)=S)c(C)c1. The van der Waals surface area contributed by atoms with Crippen LogP contribution in [0.15, 0.2) is 23.1 Å². The Bertz CT molecular complexity index is 585. The Morgan fingerprint density at radius 3 is 2.65 bits per heavy atom. The molecule has 0 saturated carbocycles. The number of sulfonamides is 1. The summed E-state index contributed by atoms with van der Waals surface area (Å²) < 4.78 is 31.9. The molecular formula is C13H20N2O3S2. The summed E-state index contributed by atoms with van der Waals surface area (Å²) in [6.07, 6.45) is 0. The molecule has 0 saturated heterocycles. The third kappa shape index (κ3) is 4.52. The van der Waals surface area contributed by atoms with Gasteiger partial charge >= 0.3 is 0 Å². The summed E-state index contributed by atoms with van der Waals surface area (Å²) in [6, 6.07) is 4.70. The zero-order chi connectivity index (χ0) is 15.3. The normalized spacial score (nSPS) is 13.2. The number of aryl methyl sites for hydroxylation is 1. The highest BCUT2D eigenvalue weighted by atomic mass is 32.2. The van der Waals surface area contributed by atoms with Crippen molar-refractivity contribution in [3.05, 3.63) is 29.3 Å². The first-order chi connectivity index (χ1) is 9.27. The average molecular weight is 316 g/mol. The Morgan fingerprint density at radius 2 is 2.15 bits per heavy atom. The van der Waals surface area contributed by atoms with Crippen molar-refractivity contribution >= 4 is 27.2 Å². The lowest BCUT2D eigenvalue weighted by atomic mass is 10.1. The first-order valence-electron chi connectivity index (χ1n) is 6.17. The summed E-state index contributed by atoms with van der Waals surface area (Å²) in [6.45, 7) is 4.52. The van der Waals surface area contributed by atoms with E-state index in [0.29, 0.717) is 18.7 Å². The van der Waals surface area contributed by atoms with Crippen LogP contribution in [0, 0.1) is 12.8 Å². The molecule has 1 aromatic rings. The number of thiocarbonyl (C=S) groups is 1. The van der Waals surface area contributed by atoms with E-state index in [-0.39, 0.29) is 15.8 Å². The van der Waals surface area contributed by atoms with E-state index in [1.54, 1.807) is 26.2 Å². The number of hydrogen-bond donors (Lipinski definition) is 2. The molecule has 1 atom stereocenters. The van der Waals surface area contributed by atoms with Crippen molar-refractivity contribution in [2.45, 2.75) is 18.7 Å². The molecule has 112 valence electrons. The van der Waals surface area contributed by atoms with E-state index in [2.05, 4.69) is 4.72 Å². The van der Waals surface area contributed by atoms with Crippen molar-refractivity contribution in [2.75, 3.05) is 20.3 Å². The summed E-state index contributed by atoms with van der Waals surface area (Å²) in [7, 11) is -1.94. The molecule has 7 heteroatoms. The van der Waals surface area contributed by atoms with Crippen molar-refractivity contribution in [3.63, 3.8) is 0 Å². The molecule has 0 fully saturated rings. The van der Waals surface area contributed by atoms with Crippen molar-refractivity contribution in [1.82, 2.24) is 4.72 Å². The Labute approximate surface area is 125 Å². The standard InChI is InChI=1S/C13H20N2O3S2/c1-9(8-18-3)7-15-20(16,17)11-4-5-12(13(14)19)10(2)6-11/h4-6,9,15H,7-8H2,1-3H3,(H2,14,19). The number of benzene rings is 1. The Kier molecular flexibility index (Phi) is 6.07. The van der Waals surface area contributed by atoms with Crippen molar-refractivity contribution < 1.29 is 13.2 Å². The van der Waals surface area contributed by atoms with Crippen LogP contribution in [0.5, 0.6) is 0 Å². The molecule has 0 amide bonds. The Morgan fingerprint density at radius 1 is 1.50 bits per heavy atom. The van der Waals surface area contributed by atoms with Gasteiger partial charge in [-0.15, -0.1) is 0 Å². The predicted octanol–water partition coefficient (Wildman–Crippen LogP) is 1.19. The fraction of sp³-hybridized carbons (Fsp3) is 0.462. The second-order valence-electron chi connectivity index (χ2n) is 4.75. The van der Waals surface area contributed by atoms with Crippen molar-refractivity contribution in [2.24, 2.45) is 11.7 Å². The van der Waals surface area contributed by atoms with E-state index < -0.39 is 10.0 Å². The van der Waals surface area contributed by atoms with Crippen molar-refractivity contribution in [1.29, 1.82) is 0 Å². The van der Waals surface area contributed by atoms with Crippen LogP contribution in [-0.4, -0.2) is 33.7 Å². The lowest BCUT2D eigenvalue weighted by molar-refractivity contribution is 0.161. The fourth-order valence-corrected chi connectivity index (χ4v) is 3.24. The van der Waals surface area contributed by atoms with Gasteiger partial charge in [-0.3, -0.25) is 0 Å². The molecule has 1 aromatic carbocycles. The van der Waals surface area contributed by atoms with E-state index in [9.17, 15) is 8.42 Å². The first kappa shape index (κ1) is 17.0. The van der Waals surface area contributed by atoms with E-state index in [1.165, 1.54) is 6.07 Å². The molecular weight excluding hydrogens is 296 g/mol. The highest BCUT2D eigenvalue weighted by Gasteiger charge is 2.16. The zero-order valence-corrected chi connectivity index (χ0v) is 13.5. The number of rotatable bonds is 7. The van der Waals surface area contributed by atoms with Gasteiger partial charge in [0.1, 0.15) is 4.99 Å². The van der Waals surface area contributed by atoms with Gasteiger partial charge in [0.2, 0.25) is 10.0 Å². The van der Waals surface area contributed by atoms with Gasteiger partial charge in [0.05, 0.1) is 4.90 Å². The number of nitrogens with one attached hydrogen (secondary N) is 1. The molecule has 1 rings (SSSR count). The molecule has 0 aliphatic heterocycles. The summed E-state index contributed by atoms with van der Waals surface area (Å²) in [5, 5.41) is 0. The number of hydrogen-bond acceptors (Lipinski definition) is 4. The van der Waals surface area contributed by atoms with Gasteiger partial charge in [-0.25, -0.2) is 13.1 Å². The summed E-state index contributed by atoms with van der Waals surface area (Å²) in [5.74, 6) is 0.103. The quantitative estimate of drug-likeness (QED) is 0.739. The Balaban J connectivity index is 2.88. The van der Waals surface area contributed by atoms with Crippen LogP contribution in [0.3, 0.4) is 0 Å².